The van der Waals surface area contributed by atoms with Gasteiger partial charge in [0.05, 0.1) is 12.2 Å². The van der Waals surface area contributed by atoms with E-state index in [-0.39, 0.29) is 29.8 Å². The lowest BCUT2D eigenvalue weighted by Crippen LogP contribution is -2.47. The minimum atomic E-state index is -0.359. The van der Waals surface area contributed by atoms with E-state index in [4.69, 9.17) is 0 Å². The van der Waals surface area contributed by atoms with Crippen LogP contribution in [0.15, 0.2) is 73.1 Å². The Morgan fingerprint density at radius 1 is 1.09 bits per heavy atom. The van der Waals surface area contributed by atoms with Crippen molar-refractivity contribution in [2.45, 2.75) is 44.1 Å². The molecule has 1 aromatic heterocycles. The van der Waals surface area contributed by atoms with Gasteiger partial charge in [0.15, 0.2) is 0 Å². The number of pyridine rings is 1. The molecular weight excluding hydrogens is 403 g/mol. The number of aromatic nitrogens is 1. The number of hydrogen-bond donors (Lipinski definition) is 1. The van der Waals surface area contributed by atoms with Gasteiger partial charge in [0.2, 0.25) is 5.91 Å². The van der Waals surface area contributed by atoms with Crippen LogP contribution in [0.3, 0.4) is 0 Å². The summed E-state index contributed by atoms with van der Waals surface area (Å²) in [5.41, 5.74) is 3.64. The van der Waals surface area contributed by atoms with Gasteiger partial charge in [-0.25, -0.2) is 4.39 Å². The lowest BCUT2D eigenvalue weighted by Gasteiger charge is -2.44. The van der Waals surface area contributed by atoms with Crippen LogP contribution < -0.4 is 0 Å². The van der Waals surface area contributed by atoms with Crippen LogP contribution in [0, 0.1) is 5.82 Å². The maximum atomic E-state index is 13.5. The molecule has 1 fully saturated rings. The van der Waals surface area contributed by atoms with Crippen molar-refractivity contribution in [3.8, 4) is 11.1 Å². The number of amides is 1. The highest BCUT2D eigenvalue weighted by molar-refractivity contribution is 5.79. The molecule has 0 spiro atoms. The SMILES string of the molecule is C[C@@H](c1ccc(-c2cncc(F)c2)cc1)N1CC[C@](CCCO)(c2ccccc2)CC1=O. The fourth-order valence-corrected chi connectivity index (χ4v) is 4.87. The Hall–Kier alpha value is -3.05. The maximum absolute atomic E-state index is 13.5. The van der Waals surface area contributed by atoms with Crippen molar-refractivity contribution in [1.82, 2.24) is 9.88 Å². The molecule has 0 aliphatic carbocycles. The minimum absolute atomic E-state index is 0.0474. The number of aliphatic hydroxyl groups excluding tert-OH is 1. The molecule has 1 aliphatic heterocycles. The molecule has 0 saturated carbocycles. The zero-order chi connectivity index (χ0) is 22.6. The Morgan fingerprint density at radius 2 is 1.84 bits per heavy atom. The summed E-state index contributed by atoms with van der Waals surface area (Å²) in [6.07, 6.45) is 5.66. The summed E-state index contributed by atoms with van der Waals surface area (Å²) >= 11 is 0. The van der Waals surface area contributed by atoms with E-state index in [2.05, 4.69) is 24.0 Å². The number of halogens is 1. The fourth-order valence-electron chi connectivity index (χ4n) is 4.87. The molecule has 4 nitrogen and oxygen atoms in total. The van der Waals surface area contributed by atoms with Crippen LogP contribution >= 0.6 is 0 Å². The van der Waals surface area contributed by atoms with E-state index in [9.17, 15) is 14.3 Å². The topological polar surface area (TPSA) is 53.4 Å². The smallest absolute Gasteiger partial charge is 0.223 e. The molecule has 1 aliphatic rings. The van der Waals surface area contributed by atoms with Gasteiger partial charge in [-0.05, 0) is 48.9 Å². The summed E-state index contributed by atoms with van der Waals surface area (Å²) in [4.78, 5) is 19.2. The summed E-state index contributed by atoms with van der Waals surface area (Å²) in [5, 5.41) is 9.41. The van der Waals surface area contributed by atoms with Gasteiger partial charge in [0.25, 0.3) is 0 Å². The van der Waals surface area contributed by atoms with Crippen LogP contribution in [0.4, 0.5) is 4.39 Å². The molecule has 0 unspecified atom stereocenters. The van der Waals surface area contributed by atoms with Gasteiger partial charge in [-0.1, -0.05) is 54.6 Å². The third-order valence-corrected chi connectivity index (χ3v) is 6.74. The van der Waals surface area contributed by atoms with E-state index in [0.717, 1.165) is 29.5 Å². The molecule has 1 N–H and O–H groups in total. The minimum Gasteiger partial charge on any atom is -0.396 e. The quantitative estimate of drug-likeness (QED) is 0.553. The second-order valence-electron chi connectivity index (χ2n) is 8.68. The zero-order valence-electron chi connectivity index (χ0n) is 18.4. The summed E-state index contributed by atoms with van der Waals surface area (Å²) in [6.45, 7) is 2.87. The van der Waals surface area contributed by atoms with Crippen molar-refractivity contribution >= 4 is 5.91 Å². The van der Waals surface area contributed by atoms with Crippen LogP contribution in [0.25, 0.3) is 11.1 Å². The van der Waals surface area contributed by atoms with E-state index in [1.54, 1.807) is 6.20 Å². The van der Waals surface area contributed by atoms with Gasteiger partial charge in [-0.3, -0.25) is 9.78 Å². The number of carbonyl (C=O) groups excluding carboxylic acids is 1. The van der Waals surface area contributed by atoms with Gasteiger partial charge >= 0.3 is 0 Å². The summed E-state index contributed by atoms with van der Waals surface area (Å²) in [7, 11) is 0. The van der Waals surface area contributed by atoms with Crippen molar-refractivity contribution in [2.75, 3.05) is 13.2 Å². The lowest BCUT2D eigenvalue weighted by molar-refractivity contribution is -0.138. The number of hydrogen-bond acceptors (Lipinski definition) is 3. The molecule has 32 heavy (non-hydrogen) atoms. The van der Waals surface area contributed by atoms with Gasteiger partial charge in [-0.15, -0.1) is 0 Å². The first-order valence-corrected chi connectivity index (χ1v) is 11.2. The molecule has 2 heterocycles. The van der Waals surface area contributed by atoms with E-state index in [0.29, 0.717) is 19.4 Å². The third-order valence-electron chi connectivity index (χ3n) is 6.74. The van der Waals surface area contributed by atoms with E-state index in [1.165, 1.54) is 17.8 Å². The highest BCUT2D eigenvalue weighted by atomic mass is 19.1. The molecule has 5 heteroatoms. The first-order chi connectivity index (χ1) is 15.5. The predicted molar refractivity (Wildman–Crippen MR) is 123 cm³/mol. The second-order valence-corrected chi connectivity index (χ2v) is 8.68. The third kappa shape index (κ3) is 4.58. The zero-order valence-corrected chi connectivity index (χ0v) is 18.4. The van der Waals surface area contributed by atoms with Gasteiger partial charge in [0.1, 0.15) is 5.82 Å². The monoisotopic (exact) mass is 432 g/mol. The molecule has 166 valence electrons. The van der Waals surface area contributed by atoms with Crippen molar-refractivity contribution < 1.29 is 14.3 Å². The predicted octanol–water partition coefficient (Wildman–Crippen LogP) is 5.28. The van der Waals surface area contributed by atoms with Gasteiger partial charge < -0.3 is 10.0 Å². The average molecular weight is 433 g/mol. The van der Waals surface area contributed by atoms with Crippen LogP contribution in [0.1, 0.15) is 49.8 Å². The number of nitrogens with zero attached hydrogens (tertiary/aromatic N) is 2. The average Bonchev–Trinajstić information content (AvgIpc) is 2.83. The molecular formula is C27H29FN2O2. The molecule has 0 bridgehead atoms. The normalized spacial score (nSPS) is 19.7. The molecule has 3 aromatic rings. The Labute approximate surface area is 188 Å². The highest BCUT2D eigenvalue weighted by Crippen LogP contribution is 2.42. The van der Waals surface area contributed by atoms with E-state index in [1.807, 2.05) is 47.4 Å². The molecule has 2 atom stereocenters. The fraction of sp³-hybridized carbons (Fsp3) is 0.333. The van der Waals surface area contributed by atoms with Gasteiger partial charge in [-0.2, -0.15) is 0 Å². The largest absolute Gasteiger partial charge is 0.396 e. The van der Waals surface area contributed by atoms with Crippen LogP contribution in [-0.2, 0) is 10.2 Å². The van der Waals surface area contributed by atoms with Crippen molar-refractivity contribution in [3.05, 3.63) is 90.0 Å². The molecule has 1 saturated heterocycles. The standard InChI is InChI=1S/C27H29FN2O2/c1-20(21-8-10-22(11-9-21)23-16-25(28)19-29-18-23)30-14-13-27(12-5-15-31,17-26(30)32)24-6-3-2-4-7-24/h2-4,6-11,16,18-20,31H,5,12-15,17H2,1H3/t20-,27-/m0/s1. The summed E-state index contributed by atoms with van der Waals surface area (Å²) < 4.78 is 13.5. The molecule has 2 aromatic carbocycles. The number of likely N-dealkylation sites (tertiary alicyclic amines) is 1. The van der Waals surface area contributed by atoms with Crippen molar-refractivity contribution in [3.63, 3.8) is 0 Å². The van der Waals surface area contributed by atoms with E-state index >= 15 is 0 Å². The number of aliphatic hydroxyl groups is 1. The van der Waals surface area contributed by atoms with Crippen molar-refractivity contribution in [2.24, 2.45) is 0 Å². The molecule has 4 rings (SSSR count). The maximum Gasteiger partial charge on any atom is 0.223 e. The van der Waals surface area contributed by atoms with Crippen LogP contribution in [0.5, 0.6) is 0 Å². The summed E-state index contributed by atoms with van der Waals surface area (Å²) in [5.74, 6) is -0.217. The first-order valence-electron chi connectivity index (χ1n) is 11.2. The molecule has 1 amide bonds. The second kappa shape index (κ2) is 9.61. The molecule has 0 radical (unpaired) electrons. The summed E-state index contributed by atoms with van der Waals surface area (Å²) in [6, 6.07) is 19.6. The van der Waals surface area contributed by atoms with Crippen molar-refractivity contribution in [1.29, 1.82) is 0 Å². The van der Waals surface area contributed by atoms with Crippen LogP contribution in [-0.4, -0.2) is 34.0 Å². The Bertz CT molecular complexity index is 1050. The Balaban J connectivity index is 1.51. The van der Waals surface area contributed by atoms with E-state index < -0.39 is 0 Å². The lowest BCUT2D eigenvalue weighted by atomic mass is 9.69. The van der Waals surface area contributed by atoms with Gasteiger partial charge in [0, 0.05) is 36.7 Å². The number of carbonyl (C=O) groups is 1. The number of piperidine rings is 1. The number of rotatable bonds is 7. The Kier molecular flexibility index (Phi) is 6.66. The number of benzene rings is 2. The Morgan fingerprint density at radius 3 is 2.50 bits per heavy atom. The first kappa shape index (κ1) is 22.2. The van der Waals surface area contributed by atoms with Crippen LogP contribution in [0.2, 0.25) is 0 Å². The highest BCUT2D eigenvalue weighted by Gasteiger charge is 2.41.